The smallest absolute Gasteiger partial charge is 0.217 e. The Hall–Kier alpha value is -4.89. The molecular formula is C82H137N5O61. The maximum atomic E-state index is 13.7. The Morgan fingerprint density at radius 3 is 0.581 bits per heavy atom. The van der Waals surface area contributed by atoms with Gasteiger partial charge in [0, 0.05) is 34.6 Å². The maximum absolute atomic E-state index is 13.7. The van der Waals surface area contributed by atoms with Crippen molar-refractivity contribution in [2.45, 2.75) is 403 Å². The first-order valence-electron chi connectivity index (χ1n) is 47.2. The molecule has 0 aromatic heterocycles. The Balaban J connectivity index is 0.864. The van der Waals surface area contributed by atoms with Crippen molar-refractivity contribution in [2.24, 2.45) is 0 Å². The van der Waals surface area contributed by atoms with Crippen LogP contribution in [0.25, 0.3) is 0 Å². The van der Waals surface area contributed by atoms with E-state index in [0.717, 1.165) is 34.6 Å². The number of rotatable bonds is 39. The quantitative estimate of drug-likeness (QED) is 0.0272. The van der Waals surface area contributed by atoms with Crippen LogP contribution in [0, 0.1) is 0 Å². The molecule has 66 heteroatoms. The lowest BCUT2D eigenvalue weighted by atomic mass is 9.93. The molecule has 12 aliphatic heterocycles. The summed E-state index contributed by atoms with van der Waals surface area (Å²) in [6.07, 6.45) is -118. The van der Waals surface area contributed by atoms with E-state index >= 15 is 0 Å². The van der Waals surface area contributed by atoms with Gasteiger partial charge < -0.3 is 304 Å². The van der Waals surface area contributed by atoms with Crippen LogP contribution in [-0.2, 0) is 133 Å². The molecule has 856 valence electrons. The third kappa shape index (κ3) is 26.9. The number of amides is 5. The Kier molecular flexibility index (Phi) is 43.9. The molecule has 12 saturated heterocycles. The van der Waals surface area contributed by atoms with Crippen LogP contribution < -0.4 is 26.6 Å². The Labute approximate surface area is 837 Å². The van der Waals surface area contributed by atoms with E-state index < -0.39 is 477 Å². The molecule has 60 atom stereocenters. The fourth-order valence-electron chi connectivity index (χ4n) is 19.3. The molecule has 0 unspecified atom stereocenters. The van der Waals surface area contributed by atoms with Gasteiger partial charge in [-0.3, -0.25) is 24.0 Å². The lowest BCUT2D eigenvalue weighted by Gasteiger charge is -2.51. The van der Waals surface area contributed by atoms with Crippen molar-refractivity contribution in [3.63, 3.8) is 0 Å². The Bertz CT molecular complexity index is 4130. The number of ether oxygens (including phenoxy) is 23. The molecular weight excluding hydrogens is 2030 g/mol. The molecule has 0 spiro atoms. The van der Waals surface area contributed by atoms with E-state index in [-0.39, 0.29) is 0 Å². The highest BCUT2D eigenvalue weighted by atomic mass is 16.8. The summed E-state index contributed by atoms with van der Waals surface area (Å²) >= 11 is 0. The highest BCUT2D eigenvalue weighted by Crippen LogP contribution is 2.43. The number of aliphatic hydroxyl groups excluding tert-OH is 33. The molecule has 0 bridgehead atoms. The van der Waals surface area contributed by atoms with Crippen LogP contribution in [0.1, 0.15) is 34.6 Å². The molecule has 12 fully saturated rings. The van der Waals surface area contributed by atoms with Crippen LogP contribution in [0.5, 0.6) is 0 Å². The zero-order chi connectivity index (χ0) is 109. The lowest BCUT2D eigenvalue weighted by molar-refractivity contribution is -0.392. The first-order chi connectivity index (χ1) is 70.1. The van der Waals surface area contributed by atoms with Gasteiger partial charge in [0.15, 0.2) is 75.5 Å². The number of carbonyl (C=O) groups is 5. The minimum Gasteiger partial charge on any atom is -0.394 e. The maximum Gasteiger partial charge on any atom is 0.217 e. The minimum atomic E-state index is -2.66. The van der Waals surface area contributed by atoms with E-state index in [1.54, 1.807) is 0 Å². The normalized spacial score (nSPS) is 49.3. The van der Waals surface area contributed by atoms with Gasteiger partial charge in [0.1, 0.15) is 293 Å². The van der Waals surface area contributed by atoms with Crippen molar-refractivity contribution in [2.75, 3.05) is 79.3 Å². The molecule has 12 rings (SSSR count). The number of aliphatic hydroxyl groups is 33. The molecule has 0 aliphatic carbocycles. The zero-order valence-corrected chi connectivity index (χ0v) is 79.3. The fourth-order valence-corrected chi connectivity index (χ4v) is 19.3. The van der Waals surface area contributed by atoms with Gasteiger partial charge in [-0.2, -0.15) is 0 Å². The van der Waals surface area contributed by atoms with Gasteiger partial charge in [-0.25, -0.2) is 0 Å². The topological polar surface area (TPSA) is 1030 Å². The minimum absolute atomic E-state index is 0.835. The first kappa shape index (κ1) is 122. The molecule has 5 amide bonds. The van der Waals surface area contributed by atoms with Crippen molar-refractivity contribution in [1.82, 2.24) is 26.6 Å². The predicted octanol–water partition coefficient (Wildman–Crippen LogP) is -26.4. The van der Waals surface area contributed by atoms with Crippen LogP contribution in [0.15, 0.2) is 0 Å². The van der Waals surface area contributed by atoms with E-state index in [4.69, 9.17) is 109 Å². The number of hydrogen-bond acceptors (Lipinski definition) is 61. The monoisotopic (exact) mass is 2170 g/mol. The Morgan fingerprint density at radius 2 is 0.351 bits per heavy atom. The average Bonchev–Trinajstić information content (AvgIpc) is 0.761. The number of carbonyl (C=O) groups excluding carboxylic acids is 5. The first-order valence-corrected chi connectivity index (χ1v) is 47.2. The molecule has 12 aliphatic rings. The lowest BCUT2D eigenvalue weighted by Crippen LogP contribution is -2.71. The van der Waals surface area contributed by atoms with Crippen LogP contribution in [-0.4, -0.2) is 645 Å². The molecule has 12 heterocycles. The summed E-state index contributed by atoms with van der Waals surface area (Å²) in [7, 11) is 0. The van der Waals surface area contributed by atoms with Gasteiger partial charge in [-0.1, -0.05) is 0 Å². The second kappa shape index (κ2) is 53.4. The van der Waals surface area contributed by atoms with E-state index in [0.29, 0.717) is 0 Å². The van der Waals surface area contributed by atoms with E-state index in [9.17, 15) is 192 Å². The number of hydrogen-bond donors (Lipinski definition) is 38. The van der Waals surface area contributed by atoms with Gasteiger partial charge in [0.2, 0.25) is 29.5 Å². The van der Waals surface area contributed by atoms with Crippen molar-refractivity contribution < 1.29 is 301 Å². The number of nitrogens with one attached hydrogen (secondary N) is 5. The molecule has 38 N–H and O–H groups in total. The van der Waals surface area contributed by atoms with Crippen LogP contribution in [0.2, 0.25) is 0 Å². The standard InChI is InChI=1S/C82H137N5O61/c1-18(98)83-35-46(109)62(140-77-56(119)51(114)40(103)23(6-88)129-77)28(11-93)133-72(35)126-16-33-44(107)69(147-75-37(85-20(3)100)48(111)64(30(13-95)135-75)142-79-58(121)53(116)42(105)25(8-90)131-79)60(123)82(139-33)144-66-32(15-97)137-76(39(50(66)113)87-22(5)102)148-70-45(108)34(17-127-73-36(84-19(2)99)47(110)63(29(12-94)134-73)141-78-57(120)52(115)41(104)24(7-89)130-78)138-81(61(70)124)143-65-31(14-96)136-74(38(49(65)112)86-21(4)101)146-68-43(106)26(9-91)132-80(59(68)122)145-67-27(10-92)128-71(125)55(118)54(67)117/h23-82,88-97,103-125H,6-17H2,1-5H3,(H,83,98)(H,84,99)(H,85,100)(H,86,101)(H,87,102)/t23-,24-,25-,26-,27-,28-,29-,30-,31-,32-,33-,34-,35-,36-,37-,38-,39-,40+,41+,42+,43+,44+,45+,46-,47-,48-,49-,50-,51+,52+,53+,54-,55-,56-,57-,58-,59-,60-,61-,62-,63-,64-,65-,66-,67-,68+,69+,70+,71-,72-,73-,74+,75+,76+,77+,78+,79+,80+,81+,82+/m1/s1. The average molecular weight is 2170 g/mol. The molecule has 0 aromatic rings. The van der Waals surface area contributed by atoms with Crippen LogP contribution in [0.3, 0.4) is 0 Å². The summed E-state index contributed by atoms with van der Waals surface area (Å²) in [6.45, 7) is -9.25. The third-order valence-electron chi connectivity index (χ3n) is 27.1. The van der Waals surface area contributed by atoms with Crippen molar-refractivity contribution in [3.8, 4) is 0 Å². The van der Waals surface area contributed by atoms with Crippen molar-refractivity contribution in [3.05, 3.63) is 0 Å². The van der Waals surface area contributed by atoms with Gasteiger partial charge in [-0.05, 0) is 0 Å². The molecule has 0 saturated carbocycles. The predicted molar refractivity (Wildman–Crippen MR) is 453 cm³/mol. The zero-order valence-electron chi connectivity index (χ0n) is 79.3. The van der Waals surface area contributed by atoms with Crippen LogP contribution in [0.4, 0.5) is 0 Å². The van der Waals surface area contributed by atoms with Gasteiger partial charge in [0.05, 0.1) is 79.3 Å². The summed E-state index contributed by atoms with van der Waals surface area (Å²) in [4.78, 5) is 66.2. The van der Waals surface area contributed by atoms with Gasteiger partial charge in [0.25, 0.3) is 0 Å². The van der Waals surface area contributed by atoms with Gasteiger partial charge >= 0.3 is 0 Å². The summed E-state index contributed by atoms with van der Waals surface area (Å²) in [5, 5.41) is 382. The second-order valence-electron chi connectivity index (χ2n) is 37.4. The van der Waals surface area contributed by atoms with Crippen molar-refractivity contribution >= 4 is 29.5 Å². The summed E-state index contributed by atoms with van der Waals surface area (Å²) in [5.74, 6) is -5.09. The highest BCUT2D eigenvalue weighted by Gasteiger charge is 2.64. The third-order valence-corrected chi connectivity index (χ3v) is 27.1. The molecule has 0 aromatic carbocycles. The van der Waals surface area contributed by atoms with Gasteiger partial charge in [-0.15, -0.1) is 0 Å². The molecule has 66 nitrogen and oxygen atoms in total. The van der Waals surface area contributed by atoms with E-state index in [2.05, 4.69) is 26.6 Å². The molecule has 0 radical (unpaired) electrons. The largest absolute Gasteiger partial charge is 0.394 e. The van der Waals surface area contributed by atoms with E-state index in [1.165, 1.54) is 0 Å². The summed E-state index contributed by atoms with van der Waals surface area (Å²) in [5.41, 5.74) is 0. The van der Waals surface area contributed by atoms with Crippen LogP contribution >= 0.6 is 0 Å². The van der Waals surface area contributed by atoms with E-state index in [1.807, 2.05) is 0 Å². The molecule has 148 heavy (non-hydrogen) atoms. The Morgan fingerprint density at radius 1 is 0.176 bits per heavy atom. The SMILES string of the molecule is CC(=O)N[C@H]1[C@H](OC[C@H]2O[C@@H](O[C@H]3[C@H](O)[C@@H](NC(C)=O)[C@H](O[C@H]4[C@@H](O)[C@@H](CO[C@@H]5O[C@H](CO)[C@@H](O[C@@H]6O[C@H](CO)[C@H](O)[C@H](O)[C@H]6O)[C@H](O)[C@H]5NC(C)=O)O[C@@H](O[C@H]5[C@H](O)[C@@H](NC(C)=O)[C@H](O[C@H]6[C@@H](O)[C@@H](CO)O[C@@H](O[C@H]7[C@H](O)[C@@H](O)[C@H](O)O[C@@H]7CO)[C@@H]6O)O[C@@H]5CO)[C@@H]4O)O[C@@H]3CO)[C@H](O)[C@@H](O[C@@H]3O[C@H](CO)[C@@H](O[C@@H]4O[C@H](CO)[C@H](O)[C@H](O)[C@H]4O)[C@H](O)[C@H]3NC(C)=O)[C@H]2O)O[C@H](CO)[C@@H](O[C@@H]2O[C@H](CO)[C@H](O)[C@H](O)[C@H]2O)[C@@H]1O. The second-order valence-corrected chi connectivity index (χ2v) is 37.4. The summed E-state index contributed by atoms with van der Waals surface area (Å²) < 4.78 is 137. The summed E-state index contributed by atoms with van der Waals surface area (Å²) in [6, 6.07) is -10.2. The van der Waals surface area contributed by atoms with Crippen molar-refractivity contribution in [1.29, 1.82) is 0 Å². The highest BCUT2D eigenvalue weighted by molar-refractivity contribution is 5.75. The fraction of sp³-hybridized carbons (Fsp3) is 0.939.